The van der Waals surface area contributed by atoms with E-state index in [-0.39, 0.29) is 11.3 Å². The van der Waals surface area contributed by atoms with Gasteiger partial charge in [-0.15, -0.1) is 0 Å². The van der Waals surface area contributed by atoms with Crippen LogP contribution in [0.5, 0.6) is 0 Å². The summed E-state index contributed by atoms with van der Waals surface area (Å²) in [4.78, 5) is 28.2. The number of carboxylic acid groups (broad SMARTS) is 1. The maximum atomic E-state index is 12.1. The summed E-state index contributed by atoms with van der Waals surface area (Å²) in [5.41, 5.74) is 1.36. The van der Waals surface area contributed by atoms with E-state index in [1.54, 1.807) is 16.7 Å². The van der Waals surface area contributed by atoms with Gasteiger partial charge in [0.2, 0.25) is 0 Å². The summed E-state index contributed by atoms with van der Waals surface area (Å²) in [6, 6.07) is 5.12. The Hall–Kier alpha value is -2.08. The zero-order valence-corrected chi connectivity index (χ0v) is 12.0. The molecule has 1 aliphatic heterocycles. The summed E-state index contributed by atoms with van der Waals surface area (Å²) in [6.07, 6.45) is 3.48. The Kier molecular flexibility index (Phi) is 3.55. The Morgan fingerprint density at radius 3 is 2.95 bits per heavy atom. The molecule has 1 fully saturated rings. The van der Waals surface area contributed by atoms with Crippen LogP contribution >= 0.6 is 0 Å². The second-order valence-corrected chi connectivity index (χ2v) is 5.71. The number of benzene rings is 1. The smallest absolute Gasteiger partial charge is 0.335 e. The van der Waals surface area contributed by atoms with Crippen LogP contribution in [0, 0.1) is 0 Å². The number of rotatable bonds is 3. The second kappa shape index (κ2) is 5.37. The van der Waals surface area contributed by atoms with Crippen LogP contribution in [0.25, 0.3) is 11.0 Å². The fraction of sp³-hybridized carbons (Fsp3) is 0.467. The van der Waals surface area contributed by atoms with E-state index in [1.807, 2.05) is 0 Å². The van der Waals surface area contributed by atoms with Gasteiger partial charge < -0.3 is 15.0 Å². The van der Waals surface area contributed by atoms with Gasteiger partial charge in [0, 0.05) is 12.6 Å². The van der Waals surface area contributed by atoms with Crippen molar-refractivity contribution in [3.8, 4) is 0 Å². The molecule has 21 heavy (non-hydrogen) atoms. The molecule has 112 valence electrons. The van der Waals surface area contributed by atoms with E-state index in [1.165, 1.54) is 18.9 Å². The molecular formula is C15H19N3O3. The SMILES string of the molecule is CN1CCCCC1Cn1c(=O)[nH]c2cc(C(=O)O)ccc21. The quantitative estimate of drug-likeness (QED) is 0.898. The maximum absolute atomic E-state index is 12.1. The zero-order valence-electron chi connectivity index (χ0n) is 12.0. The molecule has 0 spiro atoms. The van der Waals surface area contributed by atoms with E-state index in [9.17, 15) is 9.59 Å². The minimum Gasteiger partial charge on any atom is -0.478 e. The number of nitrogens with one attached hydrogen (secondary N) is 1. The van der Waals surface area contributed by atoms with Gasteiger partial charge in [0.15, 0.2) is 0 Å². The lowest BCUT2D eigenvalue weighted by molar-refractivity contribution is 0.0697. The van der Waals surface area contributed by atoms with Gasteiger partial charge in [0.25, 0.3) is 0 Å². The van der Waals surface area contributed by atoms with Crippen LogP contribution in [0.3, 0.4) is 0 Å². The normalized spacial score (nSPS) is 20.0. The predicted octanol–water partition coefficient (Wildman–Crippen LogP) is 1.51. The van der Waals surface area contributed by atoms with Gasteiger partial charge in [-0.2, -0.15) is 0 Å². The number of carboxylic acids is 1. The number of nitrogens with zero attached hydrogens (tertiary/aromatic N) is 2. The number of hydrogen-bond acceptors (Lipinski definition) is 3. The van der Waals surface area contributed by atoms with Crippen molar-refractivity contribution in [2.45, 2.75) is 31.8 Å². The van der Waals surface area contributed by atoms with Crippen molar-refractivity contribution < 1.29 is 9.90 Å². The number of hydrogen-bond donors (Lipinski definition) is 2. The van der Waals surface area contributed by atoms with Crippen LogP contribution in [-0.4, -0.2) is 45.2 Å². The third kappa shape index (κ3) is 2.58. The number of H-pyrrole nitrogens is 1. The minimum absolute atomic E-state index is 0.175. The number of carbonyl (C=O) groups is 1. The Morgan fingerprint density at radius 1 is 1.43 bits per heavy atom. The molecule has 2 aromatic rings. The van der Waals surface area contributed by atoms with Gasteiger partial charge in [-0.25, -0.2) is 9.59 Å². The Morgan fingerprint density at radius 2 is 2.24 bits per heavy atom. The molecule has 1 aromatic carbocycles. The average Bonchev–Trinajstić information content (AvgIpc) is 2.76. The van der Waals surface area contributed by atoms with Crippen molar-refractivity contribution in [1.82, 2.24) is 14.5 Å². The summed E-state index contributed by atoms with van der Waals surface area (Å²) < 4.78 is 1.72. The number of fused-ring (bicyclic) bond motifs is 1. The highest BCUT2D eigenvalue weighted by molar-refractivity contribution is 5.92. The summed E-state index contributed by atoms with van der Waals surface area (Å²) in [5, 5.41) is 9.01. The van der Waals surface area contributed by atoms with E-state index < -0.39 is 5.97 Å². The third-order valence-corrected chi connectivity index (χ3v) is 4.34. The first-order valence-corrected chi connectivity index (χ1v) is 7.22. The molecule has 1 atom stereocenters. The van der Waals surface area contributed by atoms with Crippen molar-refractivity contribution in [3.05, 3.63) is 34.2 Å². The monoisotopic (exact) mass is 289 g/mol. The van der Waals surface area contributed by atoms with Gasteiger partial charge >= 0.3 is 11.7 Å². The van der Waals surface area contributed by atoms with Crippen LogP contribution in [0.4, 0.5) is 0 Å². The van der Waals surface area contributed by atoms with E-state index in [0.29, 0.717) is 18.1 Å². The zero-order chi connectivity index (χ0) is 15.0. The first-order valence-electron chi connectivity index (χ1n) is 7.22. The predicted molar refractivity (Wildman–Crippen MR) is 79.8 cm³/mol. The molecule has 3 rings (SSSR count). The lowest BCUT2D eigenvalue weighted by atomic mass is 10.0. The standard InChI is InChI=1S/C15H19N3O3/c1-17-7-3-2-4-11(17)9-18-13-6-5-10(14(19)20)8-12(13)16-15(18)21/h5-6,8,11H,2-4,7,9H2,1H3,(H,16,21)(H,19,20). The van der Waals surface area contributed by atoms with Crippen LogP contribution in [0.2, 0.25) is 0 Å². The summed E-state index contributed by atoms with van der Waals surface area (Å²) in [5.74, 6) is -0.988. The topological polar surface area (TPSA) is 78.3 Å². The van der Waals surface area contributed by atoms with Crippen molar-refractivity contribution in [1.29, 1.82) is 0 Å². The van der Waals surface area contributed by atoms with Gasteiger partial charge in [0.1, 0.15) is 0 Å². The van der Waals surface area contributed by atoms with E-state index in [0.717, 1.165) is 18.5 Å². The number of imidazole rings is 1. The molecule has 0 aliphatic carbocycles. The van der Waals surface area contributed by atoms with Crippen LogP contribution < -0.4 is 5.69 Å². The Labute approximate surface area is 122 Å². The minimum atomic E-state index is -0.988. The number of aromatic nitrogens is 2. The van der Waals surface area contributed by atoms with Gasteiger partial charge in [-0.3, -0.25) is 4.57 Å². The molecule has 0 radical (unpaired) electrons. The van der Waals surface area contributed by atoms with Crippen LogP contribution in [0.15, 0.2) is 23.0 Å². The van der Waals surface area contributed by atoms with Gasteiger partial charge in [0.05, 0.1) is 16.6 Å². The summed E-state index contributed by atoms with van der Waals surface area (Å²) in [7, 11) is 2.09. The molecule has 1 aliphatic rings. The molecule has 6 nitrogen and oxygen atoms in total. The highest BCUT2D eigenvalue weighted by Crippen LogP contribution is 2.19. The van der Waals surface area contributed by atoms with Gasteiger partial charge in [-0.05, 0) is 44.6 Å². The van der Waals surface area contributed by atoms with E-state index in [2.05, 4.69) is 16.9 Å². The molecule has 2 heterocycles. The molecule has 0 saturated carbocycles. The maximum Gasteiger partial charge on any atom is 0.335 e. The molecule has 0 bridgehead atoms. The lowest BCUT2D eigenvalue weighted by Crippen LogP contribution is -2.40. The Balaban J connectivity index is 1.96. The highest BCUT2D eigenvalue weighted by Gasteiger charge is 2.21. The summed E-state index contributed by atoms with van der Waals surface area (Å²) in [6.45, 7) is 1.70. The second-order valence-electron chi connectivity index (χ2n) is 5.71. The van der Waals surface area contributed by atoms with Crippen molar-refractivity contribution in [3.63, 3.8) is 0 Å². The highest BCUT2D eigenvalue weighted by atomic mass is 16.4. The van der Waals surface area contributed by atoms with Gasteiger partial charge in [-0.1, -0.05) is 6.42 Å². The largest absolute Gasteiger partial charge is 0.478 e. The molecule has 6 heteroatoms. The number of likely N-dealkylation sites (N-methyl/N-ethyl adjacent to an activating group) is 1. The molecular weight excluding hydrogens is 270 g/mol. The molecule has 1 aromatic heterocycles. The average molecular weight is 289 g/mol. The van der Waals surface area contributed by atoms with E-state index in [4.69, 9.17) is 5.11 Å². The lowest BCUT2D eigenvalue weighted by Gasteiger charge is -2.32. The molecule has 1 unspecified atom stereocenters. The van der Waals surface area contributed by atoms with Crippen molar-refractivity contribution in [2.75, 3.05) is 13.6 Å². The number of piperidine rings is 1. The Bertz CT molecular complexity index is 731. The first kappa shape index (κ1) is 13.9. The third-order valence-electron chi connectivity index (χ3n) is 4.34. The molecule has 1 saturated heterocycles. The van der Waals surface area contributed by atoms with Crippen molar-refractivity contribution in [2.24, 2.45) is 0 Å². The van der Waals surface area contributed by atoms with Crippen LogP contribution in [-0.2, 0) is 6.54 Å². The van der Waals surface area contributed by atoms with E-state index >= 15 is 0 Å². The summed E-state index contributed by atoms with van der Waals surface area (Å²) >= 11 is 0. The number of aromatic amines is 1. The molecule has 2 N–H and O–H groups in total. The molecule has 0 amide bonds. The fourth-order valence-electron chi connectivity index (χ4n) is 3.06. The number of aromatic carboxylic acids is 1. The first-order chi connectivity index (χ1) is 10.1. The fourth-order valence-corrected chi connectivity index (χ4v) is 3.06. The van der Waals surface area contributed by atoms with Crippen molar-refractivity contribution >= 4 is 17.0 Å². The number of likely N-dealkylation sites (tertiary alicyclic amines) is 1. The van der Waals surface area contributed by atoms with Crippen LogP contribution in [0.1, 0.15) is 29.6 Å².